The molecule has 0 aliphatic carbocycles. The highest BCUT2D eigenvalue weighted by atomic mass is 16.3. The molecule has 1 radical (unpaired) electrons. The largest absolute Gasteiger partial charge is 0.338 e. The fourth-order valence-corrected chi connectivity index (χ4v) is 3.29. The number of fused-ring (bicyclic) bond motifs is 1. The van der Waals surface area contributed by atoms with Crippen molar-refractivity contribution in [2.24, 2.45) is 0 Å². The lowest BCUT2D eigenvalue weighted by molar-refractivity contribution is 0.327. The first-order valence-corrected chi connectivity index (χ1v) is 9.21. The zero-order valence-electron chi connectivity index (χ0n) is 17.2. The van der Waals surface area contributed by atoms with Gasteiger partial charge in [0.2, 0.25) is 0 Å². The van der Waals surface area contributed by atoms with E-state index in [4.69, 9.17) is 4.98 Å². The quantitative estimate of drug-likeness (QED) is 0.529. The molecule has 2 aromatic carbocycles. The lowest BCUT2D eigenvalue weighted by Gasteiger charge is -2.26. The number of benzene rings is 2. The Labute approximate surface area is 156 Å². The summed E-state index contributed by atoms with van der Waals surface area (Å²) in [7, 11) is 0. The first kappa shape index (κ1) is 18.5. The standard InChI is InChI=1S/C23H29N2O/c1-13-9-18-19(10-14(13)2)25-21(24-18)15-11-16(22(3,4)5)20(26)17(12-15)23(6,7)8/h9-12H,1-8H3,(H,24,25). The van der Waals surface area contributed by atoms with Crippen LogP contribution in [0.5, 0.6) is 5.75 Å². The number of aromatic nitrogens is 2. The number of nitrogens with one attached hydrogen (secondary N) is 1. The summed E-state index contributed by atoms with van der Waals surface area (Å²) >= 11 is 0. The van der Waals surface area contributed by atoms with Crippen LogP contribution in [0.3, 0.4) is 0 Å². The summed E-state index contributed by atoms with van der Waals surface area (Å²) in [5, 5.41) is 13.1. The van der Waals surface area contributed by atoms with Crippen LogP contribution in [0.25, 0.3) is 22.4 Å². The van der Waals surface area contributed by atoms with E-state index in [0.29, 0.717) is 0 Å². The van der Waals surface area contributed by atoms with Gasteiger partial charge in [0.05, 0.1) is 11.0 Å². The molecule has 0 unspecified atom stereocenters. The van der Waals surface area contributed by atoms with Crippen LogP contribution in [-0.4, -0.2) is 9.97 Å². The van der Waals surface area contributed by atoms with E-state index in [9.17, 15) is 5.11 Å². The fourth-order valence-electron chi connectivity index (χ4n) is 3.29. The van der Waals surface area contributed by atoms with Gasteiger partial charge < -0.3 is 4.98 Å². The van der Waals surface area contributed by atoms with Gasteiger partial charge in [0, 0.05) is 16.7 Å². The molecule has 1 heterocycles. The molecule has 0 aliphatic heterocycles. The Morgan fingerprint density at radius 1 is 0.808 bits per heavy atom. The summed E-state index contributed by atoms with van der Waals surface area (Å²) in [5.41, 5.74) is 6.70. The molecule has 0 spiro atoms. The Kier molecular flexibility index (Phi) is 4.18. The zero-order valence-corrected chi connectivity index (χ0v) is 17.2. The Morgan fingerprint density at radius 2 is 1.31 bits per heavy atom. The summed E-state index contributed by atoms with van der Waals surface area (Å²) < 4.78 is 0. The molecule has 3 heteroatoms. The molecule has 3 nitrogen and oxygen atoms in total. The van der Waals surface area contributed by atoms with E-state index in [-0.39, 0.29) is 16.6 Å². The average molecular weight is 349 g/mol. The van der Waals surface area contributed by atoms with Crippen molar-refractivity contribution in [3.63, 3.8) is 0 Å². The number of hydrogen-bond acceptors (Lipinski definition) is 1. The van der Waals surface area contributed by atoms with Gasteiger partial charge in [-0.2, -0.15) is 0 Å². The summed E-state index contributed by atoms with van der Waals surface area (Å²) in [5.74, 6) is 0.970. The van der Waals surface area contributed by atoms with Crippen LogP contribution in [0.15, 0.2) is 24.3 Å². The fraction of sp³-hybridized carbons (Fsp3) is 0.435. The van der Waals surface area contributed by atoms with Gasteiger partial charge in [0.25, 0.3) is 0 Å². The first-order chi connectivity index (χ1) is 11.9. The van der Waals surface area contributed by atoms with Crippen molar-refractivity contribution in [2.75, 3.05) is 0 Å². The summed E-state index contributed by atoms with van der Waals surface area (Å²) in [6.45, 7) is 16.7. The maximum Gasteiger partial charge on any atom is 0.186 e. The van der Waals surface area contributed by atoms with Gasteiger partial charge >= 0.3 is 0 Å². The lowest BCUT2D eigenvalue weighted by Crippen LogP contribution is -2.17. The lowest BCUT2D eigenvalue weighted by atomic mass is 9.78. The molecule has 0 amide bonds. The van der Waals surface area contributed by atoms with Crippen molar-refractivity contribution in [3.05, 3.63) is 46.5 Å². The highest BCUT2D eigenvalue weighted by Crippen LogP contribution is 2.42. The molecule has 1 aromatic heterocycles. The van der Waals surface area contributed by atoms with Crippen molar-refractivity contribution >= 4 is 11.0 Å². The number of hydrogen-bond donors (Lipinski definition) is 1. The third kappa shape index (κ3) is 3.23. The molecule has 0 aliphatic rings. The second-order valence-corrected chi connectivity index (χ2v) is 9.44. The van der Waals surface area contributed by atoms with E-state index >= 15 is 0 Å². The smallest absolute Gasteiger partial charge is 0.186 e. The van der Waals surface area contributed by atoms with Gasteiger partial charge in [-0.1, -0.05) is 41.5 Å². The van der Waals surface area contributed by atoms with Gasteiger partial charge in [-0.15, -0.1) is 0 Å². The first-order valence-electron chi connectivity index (χ1n) is 9.21. The molecule has 0 fully saturated rings. The van der Waals surface area contributed by atoms with Crippen LogP contribution in [-0.2, 0) is 15.9 Å². The normalized spacial score (nSPS) is 12.8. The Hall–Kier alpha value is -2.29. The van der Waals surface area contributed by atoms with Crippen LogP contribution >= 0.6 is 0 Å². The molecule has 26 heavy (non-hydrogen) atoms. The number of imidazole rings is 1. The third-order valence-corrected chi connectivity index (χ3v) is 5.08. The maximum atomic E-state index is 13.1. The monoisotopic (exact) mass is 349 g/mol. The Balaban J connectivity index is 2.28. The van der Waals surface area contributed by atoms with Crippen LogP contribution in [0, 0.1) is 13.8 Å². The zero-order chi connectivity index (χ0) is 19.4. The SMILES string of the molecule is Cc1cc2nc(-c3cc(C(C)(C)C)c([O])c(C(C)(C)C)c3)[nH]c2cc1C. The molecule has 0 atom stereocenters. The highest BCUT2D eigenvalue weighted by molar-refractivity contribution is 5.81. The van der Waals surface area contributed by atoms with Crippen molar-refractivity contribution < 1.29 is 5.11 Å². The van der Waals surface area contributed by atoms with Gasteiger partial charge in [-0.3, -0.25) is 5.11 Å². The summed E-state index contributed by atoms with van der Waals surface area (Å²) in [6.07, 6.45) is 0. The number of aryl methyl sites for hydroxylation is 2. The molecular formula is C23H29N2O. The second kappa shape index (κ2) is 5.87. The van der Waals surface area contributed by atoms with Crippen LogP contribution in [0.4, 0.5) is 0 Å². The van der Waals surface area contributed by atoms with E-state index in [1.165, 1.54) is 11.1 Å². The molecule has 3 aromatic rings. The van der Waals surface area contributed by atoms with E-state index in [0.717, 1.165) is 33.5 Å². The van der Waals surface area contributed by atoms with Crippen LogP contribution in [0.2, 0.25) is 0 Å². The maximum absolute atomic E-state index is 13.1. The molecule has 1 N–H and O–H groups in total. The number of rotatable bonds is 1. The topological polar surface area (TPSA) is 48.6 Å². The highest BCUT2D eigenvalue weighted by Gasteiger charge is 2.28. The van der Waals surface area contributed by atoms with E-state index < -0.39 is 0 Å². The number of aromatic amines is 1. The second-order valence-electron chi connectivity index (χ2n) is 9.44. The van der Waals surface area contributed by atoms with Crippen molar-refractivity contribution in [1.82, 2.24) is 9.97 Å². The summed E-state index contributed by atoms with van der Waals surface area (Å²) in [6, 6.07) is 8.27. The average Bonchev–Trinajstić information content (AvgIpc) is 2.88. The Bertz CT molecular complexity index is 908. The molecule has 0 bridgehead atoms. The molecule has 3 rings (SSSR count). The van der Waals surface area contributed by atoms with Crippen molar-refractivity contribution in [1.29, 1.82) is 0 Å². The van der Waals surface area contributed by atoms with E-state index in [1.54, 1.807) is 0 Å². The number of nitrogens with zero attached hydrogens (tertiary/aromatic N) is 1. The van der Waals surface area contributed by atoms with E-state index in [2.05, 4.69) is 72.5 Å². The van der Waals surface area contributed by atoms with Crippen LogP contribution in [0.1, 0.15) is 63.8 Å². The minimum Gasteiger partial charge on any atom is -0.338 e. The summed E-state index contributed by atoms with van der Waals surface area (Å²) in [4.78, 5) is 8.25. The minimum absolute atomic E-state index is 0.150. The van der Waals surface area contributed by atoms with Gasteiger partial charge in [-0.25, -0.2) is 4.98 Å². The molecule has 0 saturated heterocycles. The molecule has 0 saturated carbocycles. The van der Waals surface area contributed by atoms with Crippen LogP contribution < -0.4 is 0 Å². The van der Waals surface area contributed by atoms with Gasteiger partial charge in [0.1, 0.15) is 5.82 Å². The van der Waals surface area contributed by atoms with E-state index in [1.807, 2.05) is 12.1 Å². The van der Waals surface area contributed by atoms with Crippen molar-refractivity contribution in [2.45, 2.75) is 66.2 Å². The third-order valence-electron chi connectivity index (χ3n) is 5.08. The Morgan fingerprint density at radius 3 is 1.81 bits per heavy atom. The van der Waals surface area contributed by atoms with Gasteiger partial charge in [-0.05, 0) is 60.1 Å². The molecule has 137 valence electrons. The predicted molar refractivity (Wildman–Crippen MR) is 109 cm³/mol. The van der Waals surface area contributed by atoms with Gasteiger partial charge in [0.15, 0.2) is 5.75 Å². The minimum atomic E-state index is -0.216. The number of H-pyrrole nitrogens is 1. The van der Waals surface area contributed by atoms with Crippen molar-refractivity contribution in [3.8, 4) is 17.1 Å². The molecular weight excluding hydrogens is 320 g/mol. The predicted octanol–water partition coefficient (Wildman–Crippen LogP) is 6.59.